The van der Waals surface area contributed by atoms with E-state index in [-0.39, 0.29) is 0 Å². The quantitative estimate of drug-likeness (QED) is 0.587. The van der Waals surface area contributed by atoms with Gasteiger partial charge in [-0.3, -0.25) is 4.79 Å². The van der Waals surface area contributed by atoms with E-state index in [0.29, 0.717) is 17.1 Å². The molecule has 0 heterocycles. The summed E-state index contributed by atoms with van der Waals surface area (Å²) in [5, 5.41) is 0. The molecule has 0 saturated heterocycles. The van der Waals surface area contributed by atoms with E-state index in [2.05, 4.69) is 13.0 Å². The number of ketones is 1. The van der Waals surface area contributed by atoms with Crippen LogP contribution >= 0.6 is 0 Å². The largest absolute Gasteiger partial charge is 0.294 e. The summed E-state index contributed by atoms with van der Waals surface area (Å²) in [5.74, 6) is 0.715. The number of fused-ring (bicyclic) bond motifs is 2. The number of rotatable bonds is 0. The van der Waals surface area contributed by atoms with Crippen molar-refractivity contribution in [1.29, 1.82) is 0 Å². The van der Waals surface area contributed by atoms with Crippen LogP contribution in [0, 0.1) is 11.3 Å². The highest BCUT2D eigenvalue weighted by atomic mass is 16.1. The maximum atomic E-state index is 11.9. The third-order valence-corrected chi connectivity index (χ3v) is 3.55. The predicted molar refractivity (Wildman–Crippen MR) is 50.7 cm³/mol. The first-order chi connectivity index (χ1) is 6.21. The molecule has 3 rings (SSSR count). The molecule has 0 bridgehead atoms. The minimum absolute atomic E-state index is 0.311. The van der Waals surface area contributed by atoms with Crippen molar-refractivity contribution in [3.8, 4) is 0 Å². The van der Waals surface area contributed by atoms with E-state index in [1.807, 2.05) is 18.2 Å². The fourth-order valence-corrected chi connectivity index (χ4v) is 2.55. The Kier molecular flexibility index (Phi) is 1.14. The molecule has 1 nitrogen and oxygen atoms in total. The van der Waals surface area contributed by atoms with Gasteiger partial charge >= 0.3 is 0 Å². The van der Waals surface area contributed by atoms with Gasteiger partial charge in [-0.25, -0.2) is 0 Å². The van der Waals surface area contributed by atoms with Crippen LogP contribution in [0.3, 0.4) is 0 Å². The van der Waals surface area contributed by atoms with Crippen molar-refractivity contribution < 1.29 is 4.79 Å². The number of hydrogen-bond acceptors (Lipinski definition) is 1. The standard InChI is InChI=1S/C12H12O/c1-12-6-8-4-2-3-5-9(8)11(13)10(12)7-12/h2-5,10H,6-7H2,1H3. The van der Waals surface area contributed by atoms with Gasteiger partial charge in [-0.2, -0.15) is 0 Å². The minimum atomic E-state index is 0.311. The molecule has 0 amide bonds. The fourth-order valence-electron chi connectivity index (χ4n) is 2.55. The second kappa shape index (κ2) is 2.03. The molecule has 0 radical (unpaired) electrons. The molecule has 13 heavy (non-hydrogen) atoms. The van der Waals surface area contributed by atoms with E-state index in [9.17, 15) is 4.79 Å². The topological polar surface area (TPSA) is 17.1 Å². The van der Waals surface area contributed by atoms with Crippen LogP contribution in [-0.2, 0) is 6.42 Å². The van der Waals surface area contributed by atoms with Crippen LogP contribution in [0.2, 0.25) is 0 Å². The van der Waals surface area contributed by atoms with Gasteiger partial charge < -0.3 is 0 Å². The Labute approximate surface area is 77.8 Å². The maximum absolute atomic E-state index is 11.9. The molecule has 1 aromatic carbocycles. The molecule has 0 N–H and O–H groups in total. The van der Waals surface area contributed by atoms with Crippen LogP contribution in [-0.4, -0.2) is 5.78 Å². The zero-order valence-electron chi connectivity index (χ0n) is 7.71. The Morgan fingerprint density at radius 3 is 3.00 bits per heavy atom. The molecule has 2 aliphatic rings. The summed E-state index contributed by atoms with van der Waals surface area (Å²) in [6.45, 7) is 2.23. The van der Waals surface area contributed by atoms with Crippen molar-refractivity contribution in [2.24, 2.45) is 11.3 Å². The van der Waals surface area contributed by atoms with E-state index >= 15 is 0 Å². The molecule has 2 atom stereocenters. The zero-order chi connectivity index (χ0) is 9.05. The van der Waals surface area contributed by atoms with Crippen LogP contribution in [0.15, 0.2) is 24.3 Å². The summed E-state index contributed by atoms with van der Waals surface area (Å²) >= 11 is 0. The first kappa shape index (κ1) is 7.31. The Hall–Kier alpha value is -1.11. The number of hydrogen-bond donors (Lipinski definition) is 0. The molecule has 0 aliphatic heterocycles. The SMILES string of the molecule is CC12Cc3ccccc3C(=O)C1C2. The van der Waals surface area contributed by atoms with Crippen LogP contribution in [0.5, 0.6) is 0 Å². The molecule has 0 aromatic heterocycles. The van der Waals surface area contributed by atoms with Gasteiger partial charge in [0.2, 0.25) is 0 Å². The highest BCUT2D eigenvalue weighted by molar-refractivity contribution is 6.02. The molecule has 0 spiro atoms. The van der Waals surface area contributed by atoms with Crippen molar-refractivity contribution in [2.45, 2.75) is 19.8 Å². The molecule has 2 unspecified atom stereocenters. The van der Waals surface area contributed by atoms with Crippen molar-refractivity contribution in [3.63, 3.8) is 0 Å². The third-order valence-electron chi connectivity index (χ3n) is 3.55. The second-order valence-electron chi connectivity index (χ2n) is 4.61. The summed E-state index contributed by atoms with van der Waals surface area (Å²) in [5.41, 5.74) is 2.54. The maximum Gasteiger partial charge on any atom is 0.166 e. The van der Waals surface area contributed by atoms with Crippen LogP contribution in [0.25, 0.3) is 0 Å². The van der Waals surface area contributed by atoms with E-state index in [0.717, 1.165) is 18.4 Å². The van der Waals surface area contributed by atoms with Gasteiger partial charge in [-0.05, 0) is 23.8 Å². The smallest absolute Gasteiger partial charge is 0.166 e. The fraction of sp³-hybridized carbons (Fsp3) is 0.417. The first-order valence-electron chi connectivity index (χ1n) is 4.83. The lowest BCUT2D eigenvalue weighted by Crippen LogP contribution is -2.19. The van der Waals surface area contributed by atoms with Gasteiger partial charge in [0.05, 0.1) is 0 Å². The molecule has 1 aromatic rings. The number of Topliss-reactive ketones (excluding diaryl/α,β-unsaturated/α-hetero) is 1. The summed E-state index contributed by atoms with van der Waals surface area (Å²) in [7, 11) is 0. The van der Waals surface area contributed by atoms with E-state index in [4.69, 9.17) is 0 Å². The Balaban J connectivity index is 2.17. The summed E-state index contributed by atoms with van der Waals surface area (Å²) in [4.78, 5) is 11.9. The molecule has 1 heteroatoms. The molecule has 66 valence electrons. The summed E-state index contributed by atoms with van der Waals surface area (Å²) in [6, 6.07) is 8.04. The Morgan fingerprint density at radius 1 is 1.38 bits per heavy atom. The molecule has 1 saturated carbocycles. The average molecular weight is 172 g/mol. The van der Waals surface area contributed by atoms with E-state index in [1.165, 1.54) is 5.56 Å². The van der Waals surface area contributed by atoms with Crippen molar-refractivity contribution in [1.82, 2.24) is 0 Å². The molecular weight excluding hydrogens is 160 g/mol. The molecule has 1 fully saturated rings. The number of carbonyl (C=O) groups excluding carboxylic acids is 1. The van der Waals surface area contributed by atoms with Crippen molar-refractivity contribution in [2.75, 3.05) is 0 Å². The molecular formula is C12H12O. The van der Waals surface area contributed by atoms with Crippen LogP contribution in [0.4, 0.5) is 0 Å². The zero-order valence-corrected chi connectivity index (χ0v) is 7.71. The normalized spacial score (nSPS) is 35.2. The van der Waals surface area contributed by atoms with Crippen molar-refractivity contribution >= 4 is 5.78 Å². The highest BCUT2D eigenvalue weighted by Gasteiger charge is 2.57. The Morgan fingerprint density at radius 2 is 2.15 bits per heavy atom. The first-order valence-corrected chi connectivity index (χ1v) is 4.83. The van der Waals surface area contributed by atoms with E-state index < -0.39 is 0 Å². The molecule has 2 aliphatic carbocycles. The Bertz CT molecular complexity index is 394. The van der Waals surface area contributed by atoms with Gasteiger partial charge in [0.15, 0.2) is 5.78 Å². The number of benzene rings is 1. The lowest BCUT2D eigenvalue weighted by molar-refractivity contribution is 0.0940. The summed E-state index contributed by atoms with van der Waals surface area (Å²) in [6.07, 6.45) is 2.19. The highest BCUT2D eigenvalue weighted by Crippen LogP contribution is 2.58. The summed E-state index contributed by atoms with van der Waals surface area (Å²) < 4.78 is 0. The van der Waals surface area contributed by atoms with Crippen LogP contribution in [0.1, 0.15) is 29.3 Å². The lowest BCUT2D eigenvalue weighted by atomic mass is 9.84. The average Bonchev–Trinajstić information content (AvgIpc) is 2.78. The second-order valence-corrected chi connectivity index (χ2v) is 4.61. The monoisotopic (exact) mass is 172 g/mol. The van der Waals surface area contributed by atoms with Crippen molar-refractivity contribution in [3.05, 3.63) is 35.4 Å². The lowest BCUT2D eigenvalue weighted by Gasteiger charge is -2.19. The van der Waals surface area contributed by atoms with Gasteiger partial charge in [0.25, 0.3) is 0 Å². The minimum Gasteiger partial charge on any atom is -0.294 e. The van der Waals surface area contributed by atoms with Gasteiger partial charge in [-0.1, -0.05) is 31.2 Å². The number of carbonyl (C=O) groups is 1. The van der Waals surface area contributed by atoms with Crippen LogP contribution < -0.4 is 0 Å². The van der Waals surface area contributed by atoms with E-state index in [1.54, 1.807) is 0 Å². The van der Waals surface area contributed by atoms with Gasteiger partial charge in [0.1, 0.15) is 0 Å². The van der Waals surface area contributed by atoms with Gasteiger partial charge in [-0.15, -0.1) is 0 Å². The third kappa shape index (κ3) is 0.846. The predicted octanol–water partition coefficient (Wildman–Crippen LogP) is 2.45. The van der Waals surface area contributed by atoms with Gasteiger partial charge in [0, 0.05) is 11.5 Å².